The molecule has 0 unspecified atom stereocenters. The lowest BCUT2D eigenvalue weighted by molar-refractivity contribution is -0.148. The summed E-state index contributed by atoms with van der Waals surface area (Å²) in [6.07, 6.45) is 1.86. The Morgan fingerprint density at radius 1 is 1.42 bits per heavy atom. The number of aryl methyl sites for hydroxylation is 1. The summed E-state index contributed by atoms with van der Waals surface area (Å²) in [5, 5.41) is 0. The van der Waals surface area contributed by atoms with Crippen molar-refractivity contribution in [1.29, 1.82) is 0 Å². The fourth-order valence-corrected chi connectivity index (χ4v) is 1.71. The Bertz CT molecular complexity index is 458. The highest BCUT2D eigenvalue weighted by atomic mass is 16.5. The largest absolute Gasteiger partial charge is 0.468 e. The molecule has 1 amide bonds. The Hall–Kier alpha value is -1.91. The van der Waals surface area contributed by atoms with E-state index in [0.717, 1.165) is 11.3 Å². The number of carbonyl (C=O) groups is 2. The van der Waals surface area contributed by atoms with E-state index in [9.17, 15) is 9.59 Å². The molecule has 0 aliphatic heterocycles. The molecule has 0 N–H and O–H groups in total. The number of pyridine rings is 1. The monoisotopic (exact) mass is 264 g/mol. The van der Waals surface area contributed by atoms with Gasteiger partial charge < -0.3 is 9.64 Å². The predicted molar refractivity (Wildman–Crippen MR) is 71.5 cm³/mol. The summed E-state index contributed by atoms with van der Waals surface area (Å²) in [5.74, 6) is -0.540. The molecule has 0 bridgehead atoms. The van der Waals surface area contributed by atoms with Crippen LogP contribution in [-0.2, 0) is 20.7 Å². The van der Waals surface area contributed by atoms with Crippen LogP contribution >= 0.6 is 0 Å². The van der Waals surface area contributed by atoms with E-state index in [1.165, 1.54) is 12.0 Å². The molecule has 1 aromatic rings. The van der Waals surface area contributed by atoms with Crippen molar-refractivity contribution in [1.82, 2.24) is 9.88 Å². The molecule has 0 aliphatic carbocycles. The van der Waals surface area contributed by atoms with Gasteiger partial charge in [-0.05, 0) is 32.4 Å². The molecular formula is C14H20N2O3. The van der Waals surface area contributed by atoms with Crippen molar-refractivity contribution in [3.8, 4) is 0 Å². The Morgan fingerprint density at radius 2 is 2.11 bits per heavy atom. The Kier molecular flexibility index (Phi) is 5.48. The van der Waals surface area contributed by atoms with Gasteiger partial charge in [0.1, 0.15) is 6.54 Å². The maximum atomic E-state index is 12.2. The van der Waals surface area contributed by atoms with Crippen LogP contribution in [0.5, 0.6) is 0 Å². The number of amides is 1. The summed E-state index contributed by atoms with van der Waals surface area (Å²) < 4.78 is 4.61. The minimum absolute atomic E-state index is 0.0289. The fourth-order valence-electron chi connectivity index (χ4n) is 1.71. The SMILES string of the molecule is COC(=O)CN(C(=O)Cc1ncccc1C)C(C)C. The Morgan fingerprint density at radius 3 is 2.63 bits per heavy atom. The number of carbonyl (C=O) groups excluding carboxylic acids is 2. The zero-order valence-electron chi connectivity index (χ0n) is 11.8. The van der Waals surface area contributed by atoms with Gasteiger partial charge in [-0.2, -0.15) is 0 Å². The van der Waals surface area contributed by atoms with Crippen LogP contribution in [0.2, 0.25) is 0 Å². The number of rotatable bonds is 5. The second-order valence-corrected chi connectivity index (χ2v) is 4.64. The molecule has 1 rings (SSSR count). The zero-order chi connectivity index (χ0) is 14.4. The molecule has 0 radical (unpaired) electrons. The van der Waals surface area contributed by atoms with Gasteiger partial charge in [-0.3, -0.25) is 14.6 Å². The van der Waals surface area contributed by atoms with Crippen LogP contribution in [0.3, 0.4) is 0 Å². The molecule has 19 heavy (non-hydrogen) atoms. The average molecular weight is 264 g/mol. The lowest BCUT2D eigenvalue weighted by Crippen LogP contribution is -2.42. The number of methoxy groups -OCH3 is 1. The van der Waals surface area contributed by atoms with E-state index in [1.807, 2.05) is 32.9 Å². The zero-order valence-corrected chi connectivity index (χ0v) is 11.8. The molecule has 1 heterocycles. The first kappa shape index (κ1) is 15.1. The number of hydrogen-bond donors (Lipinski definition) is 0. The van der Waals surface area contributed by atoms with Crippen molar-refractivity contribution in [2.24, 2.45) is 0 Å². The molecule has 0 spiro atoms. The molecule has 1 aromatic heterocycles. The molecule has 0 atom stereocenters. The van der Waals surface area contributed by atoms with Crippen molar-refractivity contribution < 1.29 is 14.3 Å². The van der Waals surface area contributed by atoms with Gasteiger partial charge in [-0.1, -0.05) is 6.07 Å². The Balaban J connectivity index is 2.78. The van der Waals surface area contributed by atoms with Crippen LogP contribution in [0.15, 0.2) is 18.3 Å². The molecule has 104 valence electrons. The third kappa shape index (κ3) is 4.35. The van der Waals surface area contributed by atoms with Gasteiger partial charge in [0.15, 0.2) is 0 Å². The van der Waals surface area contributed by atoms with Crippen LogP contribution in [0, 0.1) is 6.92 Å². The minimum Gasteiger partial charge on any atom is -0.468 e. The number of nitrogens with zero attached hydrogens (tertiary/aromatic N) is 2. The number of ether oxygens (including phenoxy) is 1. The molecule has 5 nitrogen and oxygen atoms in total. The standard InChI is InChI=1S/C14H20N2O3/c1-10(2)16(9-14(18)19-4)13(17)8-12-11(3)6-5-7-15-12/h5-7,10H,8-9H2,1-4H3. The van der Waals surface area contributed by atoms with Crippen molar-refractivity contribution in [2.45, 2.75) is 33.2 Å². The number of aromatic nitrogens is 1. The van der Waals surface area contributed by atoms with E-state index in [1.54, 1.807) is 6.20 Å². The molecule has 0 saturated heterocycles. The molecule has 0 aromatic carbocycles. The summed E-state index contributed by atoms with van der Waals surface area (Å²) in [6, 6.07) is 3.68. The maximum absolute atomic E-state index is 12.2. The third-order valence-electron chi connectivity index (χ3n) is 2.91. The van der Waals surface area contributed by atoms with Gasteiger partial charge in [-0.25, -0.2) is 0 Å². The van der Waals surface area contributed by atoms with Crippen LogP contribution in [-0.4, -0.2) is 41.5 Å². The van der Waals surface area contributed by atoms with Crippen molar-refractivity contribution >= 4 is 11.9 Å². The third-order valence-corrected chi connectivity index (χ3v) is 2.91. The van der Waals surface area contributed by atoms with Gasteiger partial charge in [0.2, 0.25) is 5.91 Å². The second-order valence-electron chi connectivity index (χ2n) is 4.64. The minimum atomic E-state index is -0.417. The lowest BCUT2D eigenvalue weighted by Gasteiger charge is -2.25. The van der Waals surface area contributed by atoms with Crippen LogP contribution in [0.1, 0.15) is 25.1 Å². The molecule has 0 aliphatic rings. The van der Waals surface area contributed by atoms with Gasteiger partial charge in [0.25, 0.3) is 0 Å². The summed E-state index contributed by atoms with van der Waals surface area (Å²) in [6.45, 7) is 5.62. The van der Waals surface area contributed by atoms with Crippen molar-refractivity contribution in [3.63, 3.8) is 0 Å². The number of hydrogen-bond acceptors (Lipinski definition) is 4. The summed E-state index contributed by atoms with van der Waals surface area (Å²) in [4.78, 5) is 29.3. The summed E-state index contributed by atoms with van der Waals surface area (Å²) in [5.41, 5.74) is 1.71. The van der Waals surface area contributed by atoms with E-state index >= 15 is 0 Å². The van der Waals surface area contributed by atoms with Crippen molar-refractivity contribution in [2.75, 3.05) is 13.7 Å². The topological polar surface area (TPSA) is 59.5 Å². The number of esters is 1. The Labute approximate surface area is 113 Å². The highest BCUT2D eigenvalue weighted by Gasteiger charge is 2.21. The molecule has 0 saturated carbocycles. The summed E-state index contributed by atoms with van der Waals surface area (Å²) in [7, 11) is 1.31. The average Bonchev–Trinajstić information content (AvgIpc) is 2.37. The van der Waals surface area contributed by atoms with Crippen LogP contribution in [0.25, 0.3) is 0 Å². The molecule has 0 fully saturated rings. The van der Waals surface area contributed by atoms with Gasteiger partial charge >= 0.3 is 5.97 Å². The first-order valence-corrected chi connectivity index (χ1v) is 6.22. The van der Waals surface area contributed by atoms with Crippen LogP contribution < -0.4 is 0 Å². The second kappa shape index (κ2) is 6.87. The van der Waals surface area contributed by atoms with E-state index in [-0.39, 0.29) is 24.9 Å². The predicted octanol–water partition coefficient (Wildman–Crippen LogP) is 1.34. The highest BCUT2D eigenvalue weighted by molar-refractivity contribution is 5.83. The van der Waals surface area contributed by atoms with E-state index in [4.69, 9.17) is 0 Å². The van der Waals surface area contributed by atoms with Gasteiger partial charge in [0, 0.05) is 12.2 Å². The smallest absolute Gasteiger partial charge is 0.325 e. The quantitative estimate of drug-likeness (QED) is 0.753. The van der Waals surface area contributed by atoms with E-state index in [0.29, 0.717) is 0 Å². The molecular weight excluding hydrogens is 244 g/mol. The van der Waals surface area contributed by atoms with Gasteiger partial charge in [0.05, 0.1) is 19.2 Å². The first-order chi connectivity index (χ1) is 8.95. The normalized spacial score (nSPS) is 10.4. The van der Waals surface area contributed by atoms with Crippen LogP contribution in [0.4, 0.5) is 0 Å². The lowest BCUT2D eigenvalue weighted by atomic mass is 10.1. The maximum Gasteiger partial charge on any atom is 0.325 e. The highest BCUT2D eigenvalue weighted by Crippen LogP contribution is 2.08. The van der Waals surface area contributed by atoms with E-state index in [2.05, 4.69) is 9.72 Å². The summed E-state index contributed by atoms with van der Waals surface area (Å²) >= 11 is 0. The van der Waals surface area contributed by atoms with Crippen molar-refractivity contribution in [3.05, 3.63) is 29.6 Å². The fraction of sp³-hybridized carbons (Fsp3) is 0.500. The first-order valence-electron chi connectivity index (χ1n) is 6.22. The van der Waals surface area contributed by atoms with E-state index < -0.39 is 5.97 Å². The molecule has 5 heteroatoms. The van der Waals surface area contributed by atoms with Gasteiger partial charge in [-0.15, -0.1) is 0 Å².